The highest BCUT2D eigenvalue weighted by Crippen LogP contribution is 2.33. The molecule has 0 bridgehead atoms. The Morgan fingerprint density at radius 2 is 1.90 bits per heavy atom. The molecule has 0 unspecified atom stereocenters. The maximum atomic E-state index is 12.4. The number of benzene rings is 2. The number of carbonyl (C=O) groups excluding carboxylic acids is 2. The van der Waals surface area contributed by atoms with E-state index in [9.17, 15) is 9.59 Å². The van der Waals surface area contributed by atoms with E-state index in [-0.39, 0.29) is 24.4 Å². The van der Waals surface area contributed by atoms with Crippen molar-refractivity contribution in [1.29, 1.82) is 0 Å². The summed E-state index contributed by atoms with van der Waals surface area (Å²) in [4.78, 5) is 24.6. The molecule has 4 rings (SSSR count). The summed E-state index contributed by atoms with van der Waals surface area (Å²) in [6, 6.07) is 12.1. The van der Waals surface area contributed by atoms with E-state index in [1.807, 2.05) is 6.92 Å². The lowest BCUT2D eigenvalue weighted by Gasteiger charge is -2.06. The third kappa shape index (κ3) is 5.44. The standard InChI is InChI=1S/C20H18N4O5S2/c1-2-27-14-6-4-13(5-7-14)21-17(25)10-30-20-24-23-19(31-20)22-18(26)12-3-8-15-16(9-12)29-11-28-15/h3-9H,2,10-11H2,1H3,(H,21,25)(H,22,23,26). The van der Waals surface area contributed by atoms with Crippen molar-refractivity contribution in [2.75, 3.05) is 29.8 Å². The first-order chi connectivity index (χ1) is 15.1. The van der Waals surface area contributed by atoms with Gasteiger partial charge in [-0.1, -0.05) is 23.1 Å². The molecule has 2 aromatic carbocycles. The number of rotatable bonds is 8. The number of anilines is 2. The Morgan fingerprint density at radius 1 is 1.10 bits per heavy atom. The Kier molecular flexibility index (Phi) is 6.53. The number of nitrogens with one attached hydrogen (secondary N) is 2. The Labute approximate surface area is 186 Å². The number of carbonyl (C=O) groups is 2. The van der Waals surface area contributed by atoms with E-state index in [0.29, 0.717) is 38.8 Å². The van der Waals surface area contributed by atoms with Gasteiger partial charge in [0.05, 0.1) is 12.4 Å². The van der Waals surface area contributed by atoms with Crippen molar-refractivity contribution in [1.82, 2.24) is 10.2 Å². The molecule has 9 nitrogen and oxygen atoms in total. The van der Waals surface area contributed by atoms with E-state index in [4.69, 9.17) is 14.2 Å². The summed E-state index contributed by atoms with van der Waals surface area (Å²) in [6.45, 7) is 2.64. The molecule has 160 valence electrons. The lowest BCUT2D eigenvalue weighted by atomic mass is 10.2. The first-order valence-corrected chi connectivity index (χ1v) is 11.1. The van der Waals surface area contributed by atoms with Crippen LogP contribution in [0.25, 0.3) is 0 Å². The molecule has 0 aliphatic carbocycles. The molecular weight excluding hydrogens is 440 g/mol. The van der Waals surface area contributed by atoms with E-state index in [1.165, 1.54) is 23.1 Å². The summed E-state index contributed by atoms with van der Waals surface area (Å²) in [6.07, 6.45) is 0. The summed E-state index contributed by atoms with van der Waals surface area (Å²) in [5.41, 5.74) is 1.10. The lowest BCUT2D eigenvalue weighted by Crippen LogP contribution is -2.13. The van der Waals surface area contributed by atoms with Gasteiger partial charge in [0.2, 0.25) is 17.8 Å². The van der Waals surface area contributed by atoms with Gasteiger partial charge in [-0.3, -0.25) is 14.9 Å². The summed E-state index contributed by atoms with van der Waals surface area (Å²) in [5.74, 6) is 1.54. The maximum Gasteiger partial charge on any atom is 0.257 e. The highest BCUT2D eigenvalue weighted by molar-refractivity contribution is 8.01. The van der Waals surface area contributed by atoms with Gasteiger partial charge in [-0.05, 0) is 49.4 Å². The summed E-state index contributed by atoms with van der Waals surface area (Å²) in [5, 5.41) is 13.8. The molecule has 2 amide bonds. The average Bonchev–Trinajstić information content (AvgIpc) is 3.42. The first kappa shape index (κ1) is 20.9. The van der Waals surface area contributed by atoms with Crippen LogP contribution in [0.3, 0.4) is 0 Å². The van der Waals surface area contributed by atoms with Crippen LogP contribution in [0.1, 0.15) is 17.3 Å². The number of nitrogens with zero attached hydrogens (tertiary/aromatic N) is 2. The molecule has 1 aliphatic rings. The zero-order valence-electron chi connectivity index (χ0n) is 16.4. The van der Waals surface area contributed by atoms with Crippen LogP contribution < -0.4 is 24.8 Å². The van der Waals surface area contributed by atoms with Gasteiger partial charge in [0, 0.05) is 11.3 Å². The van der Waals surface area contributed by atoms with Crippen LogP contribution in [0.2, 0.25) is 0 Å². The molecule has 0 radical (unpaired) electrons. The van der Waals surface area contributed by atoms with Crippen LogP contribution in [0, 0.1) is 0 Å². The van der Waals surface area contributed by atoms with Crippen molar-refractivity contribution in [2.24, 2.45) is 0 Å². The molecule has 0 spiro atoms. The highest BCUT2D eigenvalue weighted by Gasteiger charge is 2.17. The molecule has 0 fully saturated rings. The van der Waals surface area contributed by atoms with Gasteiger partial charge < -0.3 is 19.5 Å². The number of thioether (sulfide) groups is 1. The fourth-order valence-corrected chi connectivity index (χ4v) is 4.20. The Hall–Kier alpha value is -3.31. The predicted molar refractivity (Wildman–Crippen MR) is 117 cm³/mol. The number of hydrogen-bond donors (Lipinski definition) is 2. The second-order valence-corrected chi connectivity index (χ2v) is 8.39. The third-order valence-electron chi connectivity index (χ3n) is 4.04. The van der Waals surface area contributed by atoms with Crippen LogP contribution >= 0.6 is 23.1 Å². The van der Waals surface area contributed by atoms with Crippen LogP contribution in [-0.2, 0) is 4.79 Å². The van der Waals surface area contributed by atoms with Crippen LogP contribution in [0.4, 0.5) is 10.8 Å². The lowest BCUT2D eigenvalue weighted by molar-refractivity contribution is -0.113. The Morgan fingerprint density at radius 3 is 2.71 bits per heavy atom. The van der Waals surface area contributed by atoms with Gasteiger partial charge in [0.1, 0.15) is 5.75 Å². The molecule has 1 aromatic heterocycles. The van der Waals surface area contributed by atoms with Crippen molar-refractivity contribution in [3.05, 3.63) is 48.0 Å². The number of ether oxygens (including phenoxy) is 3. The summed E-state index contributed by atoms with van der Waals surface area (Å²) < 4.78 is 16.5. The largest absolute Gasteiger partial charge is 0.494 e. The number of hydrogen-bond acceptors (Lipinski definition) is 9. The highest BCUT2D eigenvalue weighted by atomic mass is 32.2. The molecule has 3 aromatic rings. The molecule has 2 heterocycles. The van der Waals surface area contributed by atoms with Crippen molar-refractivity contribution in [3.8, 4) is 17.2 Å². The van der Waals surface area contributed by atoms with Gasteiger partial charge in [0.25, 0.3) is 5.91 Å². The van der Waals surface area contributed by atoms with E-state index >= 15 is 0 Å². The van der Waals surface area contributed by atoms with Crippen molar-refractivity contribution >= 4 is 45.7 Å². The molecule has 2 N–H and O–H groups in total. The zero-order valence-corrected chi connectivity index (χ0v) is 18.0. The Balaban J connectivity index is 1.26. The van der Waals surface area contributed by atoms with E-state index in [2.05, 4.69) is 20.8 Å². The quantitative estimate of drug-likeness (QED) is 0.389. The van der Waals surface area contributed by atoms with Crippen LogP contribution in [0.15, 0.2) is 46.8 Å². The maximum absolute atomic E-state index is 12.4. The fourth-order valence-electron chi connectivity index (χ4n) is 2.65. The number of fused-ring (bicyclic) bond motifs is 1. The van der Waals surface area contributed by atoms with E-state index in [1.54, 1.807) is 42.5 Å². The minimum atomic E-state index is -0.334. The third-order valence-corrected chi connectivity index (χ3v) is 6.01. The topological polar surface area (TPSA) is 112 Å². The van der Waals surface area contributed by atoms with Gasteiger partial charge >= 0.3 is 0 Å². The molecule has 0 atom stereocenters. The molecule has 11 heteroatoms. The molecule has 31 heavy (non-hydrogen) atoms. The average molecular weight is 459 g/mol. The van der Waals surface area contributed by atoms with Crippen molar-refractivity contribution < 1.29 is 23.8 Å². The SMILES string of the molecule is CCOc1ccc(NC(=O)CSc2nnc(NC(=O)c3ccc4c(c3)OCO4)s2)cc1. The molecule has 1 aliphatic heterocycles. The predicted octanol–water partition coefficient (Wildman–Crippen LogP) is 3.65. The fraction of sp³-hybridized carbons (Fsp3) is 0.200. The van der Waals surface area contributed by atoms with E-state index in [0.717, 1.165) is 5.75 Å². The minimum Gasteiger partial charge on any atom is -0.494 e. The Bertz CT molecular complexity index is 1090. The van der Waals surface area contributed by atoms with Gasteiger partial charge in [0.15, 0.2) is 15.8 Å². The monoisotopic (exact) mass is 458 g/mol. The minimum absolute atomic E-state index is 0.142. The van der Waals surface area contributed by atoms with Crippen molar-refractivity contribution in [3.63, 3.8) is 0 Å². The van der Waals surface area contributed by atoms with Crippen LogP contribution in [0.5, 0.6) is 17.2 Å². The van der Waals surface area contributed by atoms with Gasteiger partial charge in [-0.25, -0.2) is 0 Å². The van der Waals surface area contributed by atoms with Crippen LogP contribution in [-0.4, -0.2) is 41.2 Å². The first-order valence-electron chi connectivity index (χ1n) is 9.30. The molecule has 0 saturated carbocycles. The zero-order chi connectivity index (χ0) is 21.6. The number of amides is 2. The van der Waals surface area contributed by atoms with Gasteiger partial charge in [-0.2, -0.15) is 0 Å². The van der Waals surface area contributed by atoms with Crippen molar-refractivity contribution in [2.45, 2.75) is 11.3 Å². The smallest absolute Gasteiger partial charge is 0.257 e. The summed E-state index contributed by atoms with van der Waals surface area (Å²) >= 11 is 2.43. The second-order valence-electron chi connectivity index (χ2n) is 6.19. The van der Waals surface area contributed by atoms with Gasteiger partial charge in [-0.15, -0.1) is 10.2 Å². The molecule has 0 saturated heterocycles. The summed E-state index contributed by atoms with van der Waals surface area (Å²) in [7, 11) is 0. The normalized spacial score (nSPS) is 11.8. The second kappa shape index (κ2) is 9.67. The molecular formula is C20H18N4O5S2. The van der Waals surface area contributed by atoms with E-state index < -0.39 is 0 Å². The number of aromatic nitrogens is 2.